The number of anilines is 1. The standard InChI is InChI=1S/C22H14F2N4O3/c23-18-7-5-13(10-19(18)24)12-2-1-3-15(8-12)26-21(29)16-6-4-14(9-17(16)22(30)31)20-11-25-28-27-20/h1-11H,(H,26,29)(H,30,31)(H,25,27,28). The number of carboxylic acids is 1. The van der Waals surface area contributed by atoms with Crippen molar-refractivity contribution in [3.63, 3.8) is 0 Å². The predicted octanol–water partition coefficient (Wildman–Crippen LogP) is 4.37. The summed E-state index contributed by atoms with van der Waals surface area (Å²) in [7, 11) is 0. The predicted molar refractivity (Wildman–Crippen MR) is 109 cm³/mol. The summed E-state index contributed by atoms with van der Waals surface area (Å²) >= 11 is 0. The number of benzene rings is 3. The lowest BCUT2D eigenvalue weighted by Crippen LogP contribution is -2.16. The molecule has 4 rings (SSSR count). The number of carbonyl (C=O) groups is 2. The fraction of sp³-hybridized carbons (Fsp3) is 0. The second kappa shape index (κ2) is 8.15. The molecule has 0 aliphatic heterocycles. The number of carbonyl (C=O) groups excluding carboxylic acids is 1. The van der Waals surface area contributed by atoms with Gasteiger partial charge in [0.05, 0.1) is 17.3 Å². The van der Waals surface area contributed by atoms with E-state index in [-0.39, 0.29) is 11.1 Å². The van der Waals surface area contributed by atoms with Gasteiger partial charge in [-0.2, -0.15) is 15.4 Å². The highest BCUT2D eigenvalue weighted by Gasteiger charge is 2.19. The maximum absolute atomic E-state index is 13.5. The minimum absolute atomic E-state index is 0.0435. The SMILES string of the molecule is O=C(O)c1cc(-c2cn[nH]n2)ccc1C(=O)Nc1cccc(-c2ccc(F)c(F)c2)c1. The third kappa shape index (κ3) is 4.15. The molecular weight excluding hydrogens is 406 g/mol. The van der Waals surface area contributed by atoms with Crippen molar-refractivity contribution in [1.29, 1.82) is 0 Å². The van der Waals surface area contributed by atoms with E-state index in [1.807, 2.05) is 0 Å². The molecule has 0 spiro atoms. The molecule has 0 saturated carbocycles. The lowest BCUT2D eigenvalue weighted by atomic mass is 10.0. The van der Waals surface area contributed by atoms with Gasteiger partial charge in [-0.15, -0.1) is 0 Å². The maximum atomic E-state index is 13.5. The van der Waals surface area contributed by atoms with E-state index in [0.29, 0.717) is 28.1 Å². The van der Waals surface area contributed by atoms with Crippen LogP contribution in [0.2, 0.25) is 0 Å². The highest BCUT2D eigenvalue weighted by atomic mass is 19.2. The minimum atomic E-state index is -1.27. The monoisotopic (exact) mass is 420 g/mol. The fourth-order valence-corrected chi connectivity index (χ4v) is 3.07. The van der Waals surface area contributed by atoms with E-state index in [2.05, 4.69) is 20.7 Å². The van der Waals surface area contributed by atoms with Crippen LogP contribution in [-0.4, -0.2) is 32.4 Å². The fourth-order valence-electron chi connectivity index (χ4n) is 3.07. The Morgan fingerprint density at radius 3 is 2.35 bits per heavy atom. The van der Waals surface area contributed by atoms with E-state index in [1.165, 1.54) is 24.4 Å². The van der Waals surface area contributed by atoms with Crippen LogP contribution in [0.1, 0.15) is 20.7 Å². The van der Waals surface area contributed by atoms with E-state index < -0.39 is 23.5 Å². The van der Waals surface area contributed by atoms with Crippen molar-refractivity contribution in [3.05, 3.63) is 89.6 Å². The summed E-state index contributed by atoms with van der Waals surface area (Å²) in [4.78, 5) is 24.5. The molecule has 0 saturated heterocycles. The molecule has 1 amide bonds. The minimum Gasteiger partial charge on any atom is -0.478 e. The first kappa shape index (κ1) is 19.9. The van der Waals surface area contributed by atoms with Gasteiger partial charge in [-0.1, -0.05) is 24.3 Å². The normalized spacial score (nSPS) is 10.6. The van der Waals surface area contributed by atoms with E-state index in [1.54, 1.807) is 30.3 Å². The van der Waals surface area contributed by atoms with Crippen molar-refractivity contribution in [3.8, 4) is 22.4 Å². The number of nitrogens with zero attached hydrogens (tertiary/aromatic N) is 2. The molecule has 0 aliphatic carbocycles. The average Bonchev–Trinajstić information content (AvgIpc) is 3.30. The van der Waals surface area contributed by atoms with Crippen molar-refractivity contribution in [2.24, 2.45) is 0 Å². The number of nitrogens with one attached hydrogen (secondary N) is 2. The molecule has 4 aromatic rings. The lowest BCUT2D eigenvalue weighted by Gasteiger charge is -2.11. The van der Waals surface area contributed by atoms with Crippen LogP contribution in [0.25, 0.3) is 22.4 Å². The number of H-pyrrole nitrogens is 1. The molecule has 0 fully saturated rings. The Hall–Kier alpha value is -4.40. The summed E-state index contributed by atoms with van der Waals surface area (Å²) in [6.45, 7) is 0. The van der Waals surface area contributed by atoms with Crippen molar-refractivity contribution in [2.75, 3.05) is 5.32 Å². The van der Waals surface area contributed by atoms with Crippen LogP contribution < -0.4 is 5.32 Å². The number of carboxylic acid groups (broad SMARTS) is 1. The number of aromatic nitrogens is 3. The summed E-state index contributed by atoms with van der Waals surface area (Å²) < 4.78 is 26.7. The highest BCUT2D eigenvalue weighted by Crippen LogP contribution is 2.26. The van der Waals surface area contributed by atoms with Crippen molar-refractivity contribution < 1.29 is 23.5 Å². The van der Waals surface area contributed by atoms with Crippen LogP contribution in [-0.2, 0) is 0 Å². The van der Waals surface area contributed by atoms with Gasteiger partial charge in [0.15, 0.2) is 11.6 Å². The van der Waals surface area contributed by atoms with Crippen LogP contribution in [0, 0.1) is 11.6 Å². The first-order valence-electron chi connectivity index (χ1n) is 9.02. The Kier molecular flexibility index (Phi) is 5.23. The van der Waals surface area contributed by atoms with E-state index in [9.17, 15) is 23.5 Å². The average molecular weight is 420 g/mol. The molecule has 0 atom stereocenters. The molecule has 3 N–H and O–H groups in total. The van der Waals surface area contributed by atoms with E-state index in [0.717, 1.165) is 12.1 Å². The van der Waals surface area contributed by atoms with Crippen molar-refractivity contribution in [1.82, 2.24) is 15.4 Å². The van der Waals surface area contributed by atoms with Gasteiger partial charge >= 0.3 is 5.97 Å². The number of hydrogen-bond acceptors (Lipinski definition) is 4. The first-order chi connectivity index (χ1) is 14.9. The van der Waals surface area contributed by atoms with E-state index >= 15 is 0 Å². The molecule has 9 heteroatoms. The third-order valence-corrected chi connectivity index (χ3v) is 4.58. The van der Waals surface area contributed by atoms with Crippen molar-refractivity contribution in [2.45, 2.75) is 0 Å². The zero-order chi connectivity index (χ0) is 22.0. The van der Waals surface area contributed by atoms with Crippen LogP contribution in [0.3, 0.4) is 0 Å². The summed E-state index contributed by atoms with van der Waals surface area (Å²) in [6, 6.07) is 14.3. The number of amides is 1. The molecule has 0 bridgehead atoms. The van der Waals surface area contributed by atoms with Gasteiger partial charge < -0.3 is 10.4 Å². The quantitative estimate of drug-likeness (QED) is 0.444. The molecular formula is C22H14F2N4O3. The Bertz CT molecular complexity index is 1290. The highest BCUT2D eigenvalue weighted by molar-refractivity contribution is 6.11. The van der Waals surface area contributed by atoms with Gasteiger partial charge in [0, 0.05) is 11.3 Å². The number of aromatic carboxylic acids is 1. The molecule has 0 aliphatic rings. The number of rotatable bonds is 5. The topological polar surface area (TPSA) is 108 Å². The first-order valence-corrected chi connectivity index (χ1v) is 9.02. The Labute approximate surface area is 174 Å². The van der Waals surface area contributed by atoms with Crippen LogP contribution in [0.5, 0.6) is 0 Å². The molecule has 154 valence electrons. The lowest BCUT2D eigenvalue weighted by molar-refractivity contribution is 0.0692. The Morgan fingerprint density at radius 1 is 0.871 bits per heavy atom. The molecule has 31 heavy (non-hydrogen) atoms. The van der Waals surface area contributed by atoms with Crippen LogP contribution in [0.4, 0.5) is 14.5 Å². The molecule has 1 aromatic heterocycles. The van der Waals surface area contributed by atoms with Gasteiger partial charge in [0.1, 0.15) is 5.69 Å². The number of aromatic amines is 1. The summed E-state index contributed by atoms with van der Waals surface area (Å²) in [5, 5.41) is 22.2. The molecule has 7 nitrogen and oxygen atoms in total. The van der Waals surface area contributed by atoms with Crippen molar-refractivity contribution >= 4 is 17.6 Å². The number of halogens is 2. The number of hydrogen-bond donors (Lipinski definition) is 3. The summed E-state index contributed by atoms with van der Waals surface area (Å²) in [5.41, 5.74) is 2.03. The maximum Gasteiger partial charge on any atom is 0.336 e. The zero-order valence-electron chi connectivity index (χ0n) is 15.8. The largest absolute Gasteiger partial charge is 0.478 e. The third-order valence-electron chi connectivity index (χ3n) is 4.58. The van der Waals surface area contributed by atoms with Gasteiger partial charge in [0.2, 0.25) is 0 Å². The van der Waals surface area contributed by atoms with Gasteiger partial charge in [-0.25, -0.2) is 13.6 Å². The molecule has 0 radical (unpaired) electrons. The Morgan fingerprint density at radius 2 is 1.65 bits per heavy atom. The molecule has 3 aromatic carbocycles. The smallest absolute Gasteiger partial charge is 0.336 e. The van der Waals surface area contributed by atoms with Crippen LogP contribution in [0.15, 0.2) is 66.9 Å². The zero-order valence-corrected chi connectivity index (χ0v) is 15.8. The second-order valence-electron chi connectivity index (χ2n) is 6.58. The summed E-state index contributed by atoms with van der Waals surface area (Å²) in [5.74, 6) is -3.84. The second-order valence-corrected chi connectivity index (χ2v) is 6.58. The Balaban J connectivity index is 1.62. The van der Waals surface area contributed by atoms with E-state index in [4.69, 9.17) is 0 Å². The van der Waals surface area contributed by atoms with Gasteiger partial charge in [0.25, 0.3) is 5.91 Å². The molecule has 1 heterocycles. The summed E-state index contributed by atoms with van der Waals surface area (Å²) in [6.07, 6.45) is 1.44. The van der Waals surface area contributed by atoms with Gasteiger partial charge in [-0.3, -0.25) is 4.79 Å². The van der Waals surface area contributed by atoms with Gasteiger partial charge in [-0.05, 0) is 47.5 Å². The molecule has 0 unspecified atom stereocenters. The van der Waals surface area contributed by atoms with Crippen LogP contribution >= 0.6 is 0 Å².